The Labute approximate surface area is 125 Å². The number of hydrogen-bond acceptors (Lipinski definition) is 3. The molecule has 1 N–H and O–H groups in total. The van der Waals surface area contributed by atoms with Crippen LogP contribution < -0.4 is 9.47 Å². The Bertz CT molecular complexity index is 652. The van der Waals surface area contributed by atoms with Gasteiger partial charge in [-0.2, -0.15) is 0 Å². The molecule has 0 aliphatic carbocycles. The number of hydrogen-bond donors (Lipinski definition) is 1. The molecule has 0 amide bonds. The van der Waals surface area contributed by atoms with Crippen molar-refractivity contribution in [1.82, 2.24) is 0 Å². The maximum atomic E-state index is 11.1. The highest BCUT2D eigenvalue weighted by Crippen LogP contribution is 2.41. The molecule has 0 atom stereocenters. The molecule has 0 saturated heterocycles. The molecule has 2 rings (SSSR count). The van der Waals surface area contributed by atoms with E-state index in [1.807, 2.05) is 24.3 Å². The standard InChI is InChI=1S/C15H15BrO4/c1-19-14-9-5-3-4-6-10(9)15(20-2)12(8-16)11(14)7-13(17)18/h3-6H,7-8H2,1-2H3,(H,17,18). The predicted octanol–water partition coefficient (Wildman–Crippen LogP) is 3.38. The van der Waals surface area contributed by atoms with Gasteiger partial charge in [0.25, 0.3) is 0 Å². The van der Waals surface area contributed by atoms with Crippen LogP contribution in [0.1, 0.15) is 11.1 Å². The van der Waals surface area contributed by atoms with Gasteiger partial charge in [0.1, 0.15) is 11.5 Å². The van der Waals surface area contributed by atoms with Crippen molar-refractivity contribution in [2.75, 3.05) is 14.2 Å². The Balaban J connectivity index is 2.89. The number of carbonyl (C=O) groups is 1. The SMILES string of the molecule is COc1c(CBr)c(CC(=O)O)c(OC)c2ccccc12. The first kappa shape index (κ1) is 14.7. The summed E-state index contributed by atoms with van der Waals surface area (Å²) in [6.45, 7) is 0. The molecule has 0 saturated carbocycles. The van der Waals surface area contributed by atoms with Crippen LogP contribution in [-0.2, 0) is 16.5 Å². The van der Waals surface area contributed by atoms with Gasteiger partial charge in [0.05, 0.1) is 20.6 Å². The summed E-state index contributed by atoms with van der Waals surface area (Å²) < 4.78 is 11.0. The van der Waals surface area contributed by atoms with E-state index >= 15 is 0 Å². The van der Waals surface area contributed by atoms with Gasteiger partial charge in [-0.15, -0.1) is 0 Å². The number of alkyl halides is 1. The number of carboxylic acid groups (broad SMARTS) is 1. The Hall–Kier alpha value is -1.75. The van der Waals surface area contributed by atoms with Crippen molar-refractivity contribution >= 4 is 32.7 Å². The molecule has 0 aliphatic heterocycles. The third-order valence-corrected chi connectivity index (χ3v) is 3.76. The van der Waals surface area contributed by atoms with E-state index in [4.69, 9.17) is 14.6 Å². The number of methoxy groups -OCH3 is 2. The second-order valence-corrected chi connectivity index (χ2v) is 4.83. The Morgan fingerprint density at radius 1 is 1.10 bits per heavy atom. The second-order valence-electron chi connectivity index (χ2n) is 4.27. The summed E-state index contributed by atoms with van der Waals surface area (Å²) in [5.41, 5.74) is 1.46. The molecule has 0 spiro atoms. The van der Waals surface area contributed by atoms with Crippen LogP contribution >= 0.6 is 15.9 Å². The maximum absolute atomic E-state index is 11.1. The lowest BCUT2D eigenvalue weighted by atomic mass is 9.96. The van der Waals surface area contributed by atoms with Gasteiger partial charge in [-0.25, -0.2) is 0 Å². The summed E-state index contributed by atoms with van der Waals surface area (Å²) in [6, 6.07) is 7.65. The van der Waals surface area contributed by atoms with E-state index in [1.165, 1.54) is 0 Å². The number of carboxylic acids is 1. The lowest BCUT2D eigenvalue weighted by Gasteiger charge is -2.18. The van der Waals surface area contributed by atoms with E-state index < -0.39 is 5.97 Å². The fourth-order valence-corrected chi connectivity index (χ4v) is 3.02. The van der Waals surface area contributed by atoms with Crippen molar-refractivity contribution < 1.29 is 19.4 Å². The molecule has 5 heteroatoms. The zero-order valence-electron chi connectivity index (χ0n) is 11.3. The second kappa shape index (κ2) is 6.13. The Kier molecular flexibility index (Phi) is 4.49. The largest absolute Gasteiger partial charge is 0.496 e. The number of halogens is 1. The molecule has 2 aromatic rings. The van der Waals surface area contributed by atoms with Crippen LogP contribution in [-0.4, -0.2) is 25.3 Å². The summed E-state index contributed by atoms with van der Waals surface area (Å²) in [6.07, 6.45) is -0.106. The van der Waals surface area contributed by atoms with Crippen LogP contribution in [0.25, 0.3) is 10.8 Å². The average Bonchev–Trinajstić information content (AvgIpc) is 2.45. The van der Waals surface area contributed by atoms with Gasteiger partial charge in [-0.3, -0.25) is 4.79 Å². The first-order chi connectivity index (χ1) is 9.63. The van der Waals surface area contributed by atoms with E-state index in [1.54, 1.807) is 14.2 Å². The predicted molar refractivity (Wildman–Crippen MR) is 81.0 cm³/mol. The summed E-state index contributed by atoms with van der Waals surface area (Å²) >= 11 is 3.41. The van der Waals surface area contributed by atoms with Crippen molar-refractivity contribution in [3.05, 3.63) is 35.4 Å². The fourth-order valence-electron chi connectivity index (χ4n) is 2.42. The van der Waals surface area contributed by atoms with E-state index in [0.29, 0.717) is 22.4 Å². The third kappa shape index (κ3) is 2.45. The highest BCUT2D eigenvalue weighted by molar-refractivity contribution is 9.08. The number of benzene rings is 2. The van der Waals surface area contributed by atoms with Crippen molar-refractivity contribution in [3.8, 4) is 11.5 Å². The molecular formula is C15H15BrO4. The van der Waals surface area contributed by atoms with Gasteiger partial charge >= 0.3 is 5.97 Å². The average molecular weight is 339 g/mol. The first-order valence-corrected chi connectivity index (χ1v) is 7.18. The molecular weight excluding hydrogens is 324 g/mol. The highest BCUT2D eigenvalue weighted by Gasteiger charge is 2.21. The molecule has 4 nitrogen and oxygen atoms in total. The van der Waals surface area contributed by atoms with Crippen LogP contribution in [0.2, 0.25) is 0 Å². The first-order valence-electron chi connectivity index (χ1n) is 6.06. The highest BCUT2D eigenvalue weighted by atomic mass is 79.9. The van der Waals surface area contributed by atoms with Gasteiger partial charge in [-0.1, -0.05) is 40.2 Å². The molecule has 20 heavy (non-hydrogen) atoms. The van der Waals surface area contributed by atoms with E-state index in [9.17, 15) is 4.79 Å². The number of fused-ring (bicyclic) bond motifs is 1. The third-order valence-electron chi connectivity index (χ3n) is 3.20. The molecule has 0 unspecified atom stereocenters. The summed E-state index contributed by atoms with van der Waals surface area (Å²) in [5.74, 6) is 0.385. The zero-order valence-corrected chi connectivity index (χ0v) is 12.9. The number of rotatable bonds is 5. The van der Waals surface area contributed by atoms with Crippen LogP contribution in [0.5, 0.6) is 11.5 Å². The molecule has 106 valence electrons. The molecule has 0 radical (unpaired) electrons. The topological polar surface area (TPSA) is 55.8 Å². The lowest BCUT2D eigenvalue weighted by Crippen LogP contribution is -2.07. The normalized spacial score (nSPS) is 10.6. The monoisotopic (exact) mass is 338 g/mol. The quantitative estimate of drug-likeness (QED) is 0.849. The van der Waals surface area contributed by atoms with Crippen molar-refractivity contribution in [2.24, 2.45) is 0 Å². The van der Waals surface area contributed by atoms with E-state index in [0.717, 1.165) is 16.3 Å². The minimum Gasteiger partial charge on any atom is -0.496 e. The zero-order chi connectivity index (χ0) is 14.7. The minimum atomic E-state index is -0.900. The molecule has 0 aliphatic rings. The Morgan fingerprint density at radius 2 is 1.60 bits per heavy atom. The van der Waals surface area contributed by atoms with E-state index in [-0.39, 0.29) is 6.42 Å². The van der Waals surface area contributed by atoms with Gasteiger partial charge in [0.15, 0.2) is 0 Å². The number of aliphatic carboxylic acids is 1. The maximum Gasteiger partial charge on any atom is 0.307 e. The van der Waals surface area contributed by atoms with Crippen molar-refractivity contribution in [2.45, 2.75) is 11.8 Å². The molecule has 0 bridgehead atoms. The Morgan fingerprint density at radius 3 is 2.00 bits per heavy atom. The van der Waals surface area contributed by atoms with Crippen LogP contribution in [0.4, 0.5) is 0 Å². The lowest BCUT2D eigenvalue weighted by molar-refractivity contribution is -0.136. The summed E-state index contributed by atoms with van der Waals surface area (Å²) in [4.78, 5) is 11.1. The van der Waals surface area contributed by atoms with Crippen LogP contribution in [0.3, 0.4) is 0 Å². The van der Waals surface area contributed by atoms with Gasteiger partial charge < -0.3 is 14.6 Å². The van der Waals surface area contributed by atoms with Crippen molar-refractivity contribution in [3.63, 3.8) is 0 Å². The molecule has 2 aromatic carbocycles. The smallest absolute Gasteiger partial charge is 0.307 e. The molecule has 0 fully saturated rings. The summed E-state index contributed by atoms with van der Waals surface area (Å²) in [7, 11) is 3.14. The van der Waals surface area contributed by atoms with Crippen LogP contribution in [0, 0.1) is 0 Å². The fraction of sp³-hybridized carbons (Fsp3) is 0.267. The van der Waals surface area contributed by atoms with Gasteiger partial charge in [0.2, 0.25) is 0 Å². The molecule has 0 aromatic heterocycles. The van der Waals surface area contributed by atoms with Crippen molar-refractivity contribution in [1.29, 1.82) is 0 Å². The summed E-state index contributed by atoms with van der Waals surface area (Å²) in [5, 5.41) is 11.4. The minimum absolute atomic E-state index is 0.106. The molecule has 0 heterocycles. The van der Waals surface area contributed by atoms with E-state index in [2.05, 4.69) is 15.9 Å². The van der Waals surface area contributed by atoms with Gasteiger partial charge in [-0.05, 0) is 0 Å². The number of ether oxygens (including phenoxy) is 2. The van der Waals surface area contributed by atoms with Gasteiger partial charge in [0, 0.05) is 27.2 Å². The van der Waals surface area contributed by atoms with Crippen LogP contribution in [0.15, 0.2) is 24.3 Å².